The van der Waals surface area contributed by atoms with E-state index in [9.17, 15) is 9.90 Å². The first kappa shape index (κ1) is 16.4. The van der Waals surface area contributed by atoms with E-state index in [0.29, 0.717) is 25.2 Å². The molecule has 2 aromatic heterocycles. The lowest BCUT2D eigenvalue weighted by Gasteiger charge is -2.20. The predicted molar refractivity (Wildman–Crippen MR) is 93.9 cm³/mol. The number of carbonyl (C=O) groups is 1. The summed E-state index contributed by atoms with van der Waals surface area (Å²) in [6.07, 6.45) is 3.71. The van der Waals surface area contributed by atoms with E-state index in [1.165, 1.54) is 16.9 Å². The molecule has 1 N–H and O–H groups in total. The molecule has 1 aromatic carbocycles. The number of aromatic nitrogens is 2. The molecule has 0 radical (unpaired) electrons. The van der Waals surface area contributed by atoms with Gasteiger partial charge in [-0.3, -0.25) is 9.48 Å². The van der Waals surface area contributed by atoms with Crippen LogP contribution in [0.4, 0.5) is 0 Å². The van der Waals surface area contributed by atoms with Gasteiger partial charge in [0.1, 0.15) is 0 Å². The second kappa shape index (κ2) is 7.90. The van der Waals surface area contributed by atoms with Crippen LogP contribution in [-0.2, 0) is 13.1 Å². The fourth-order valence-electron chi connectivity index (χ4n) is 2.51. The summed E-state index contributed by atoms with van der Waals surface area (Å²) in [5.41, 5.74) is 2.78. The largest absolute Gasteiger partial charge is 0.395 e. The molecule has 3 aromatic rings. The molecule has 0 atom stereocenters. The van der Waals surface area contributed by atoms with Crippen LogP contribution in [0.3, 0.4) is 0 Å². The van der Waals surface area contributed by atoms with Gasteiger partial charge in [-0.1, -0.05) is 30.3 Å². The Morgan fingerprint density at radius 3 is 2.75 bits per heavy atom. The molecule has 5 nitrogen and oxygen atoms in total. The van der Waals surface area contributed by atoms with Crippen LogP contribution in [0, 0.1) is 0 Å². The summed E-state index contributed by atoms with van der Waals surface area (Å²) in [5, 5.41) is 17.3. The molecule has 1 amide bonds. The number of rotatable bonds is 7. The molecule has 0 aliphatic rings. The first-order chi connectivity index (χ1) is 11.8. The van der Waals surface area contributed by atoms with Crippen LogP contribution in [0.25, 0.3) is 0 Å². The molecule has 0 bridgehead atoms. The van der Waals surface area contributed by atoms with Crippen LogP contribution >= 0.6 is 11.3 Å². The molecule has 6 heteroatoms. The molecule has 0 aliphatic carbocycles. The number of hydrogen-bond donors (Lipinski definition) is 1. The van der Waals surface area contributed by atoms with E-state index in [2.05, 4.69) is 17.2 Å². The number of thiophene rings is 1. The topological polar surface area (TPSA) is 58.4 Å². The van der Waals surface area contributed by atoms with Crippen LogP contribution in [0.2, 0.25) is 0 Å². The normalized spacial score (nSPS) is 10.7. The number of carbonyl (C=O) groups excluding carboxylic acids is 1. The maximum Gasteiger partial charge on any atom is 0.255 e. The molecule has 0 unspecified atom stereocenters. The third-order valence-corrected chi connectivity index (χ3v) is 4.36. The molecule has 3 rings (SSSR count). The van der Waals surface area contributed by atoms with E-state index >= 15 is 0 Å². The van der Waals surface area contributed by atoms with Gasteiger partial charge in [0.2, 0.25) is 0 Å². The van der Waals surface area contributed by atoms with E-state index in [1.807, 2.05) is 39.8 Å². The summed E-state index contributed by atoms with van der Waals surface area (Å²) in [7, 11) is 0. The Bertz CT molecular complexity index is 769. The second-order valence-electron chi connectivity index (χ2n) is 5.49. The van der Waals surface area contributed by atoms with Crippen molar-refractivity contribution in [2.24, 2.45) is 0 Å². The number of amides is 1. The van der Waals surface area contributed by atoms with Crippen molar-refractivity contribution in [3.8, 4) is 0 Å². The highest BCUT2D eigenvalue weighted by atomic mass is 32.1. The maximum atomic E-state index is 12.5. The van der Waals surface area contributed by atoms with Gasteiger partial charge in [0, 0.05) is 30.2 Å². The van der Waals surface area contributed by atoms with Crippen molar-refractivity contribution in [1.82, 2.24) is 14.7 Å². The Morgan fingerprint density at radius 1 is 1.21 bits per heavy atom. The third-order valence-electron chi connectivity index (χ3n) is 3.67. The summed E-state index contributed by atoms with van der Waals surface area (Å²) in [6, 6.07) is 11.9. The Labute approximate surface area is 144 Å². The van der Waals surface area contributed by atoms with Gasteiger partial charge in [-0.2, -0.15) is 16.4 Å². The average molecular weight is 341 g/mol. The fraction of sp³-hybridized carbons (Fsp3) is 0.222. The lowest BCUT2D eigenvalue weighted by Crippen LogP contribution is -2.32. The van der Waals surface area contributed by atoms with Gasteiger partial charge in [-0.15, -0.1) is 0 Å². The van der Waals surface area contributed by atoms with Gasteiger partial charge in [-0.25, -0.2) is 0 Å². The molecule has 0 aliphatic heterocycles. The van der Waals surface area contributed by atoms with E-state index in [-0.39, 0.29) is 12.5 Å². The minimum Gasteiger partial charge on any atom is -0.395 e. The first-order valence-corrected chi connectivity index (χ1v) is 8.68. The van der Waals surface area contributed by atoms with Gasteiger partial charge in [0.25, 0.3) is 5.91 Å². The molecular formula is C18H19N3O2S. The Morgan fingerprint density at radius 2 is 2.04 bits per heavy atom. The van der Waals surface area contributed by atoms with Crippen molar-refractivity contribution in [1.29, 1.82) is 0 Å². The quantitative estimate of drug-likeness (QED) is 0.719. The smallest absolute Gasteiger partial charge is 0.255 e. The lowest BCUT2D eigenvalue weighted by molar-refractivity contribution is 0.0708. The molecule has 0 saturated carbocycles. The molecule has 0 fully saturated rings. The van der Waals surface area contributed by atoms with Crippen molar-refractivity contribution in [3.63, 3.8) is 0 Å². The van der Waals surface area contributed by atoms with Crippen molar-refractivity contribution in [2.45, 2.75) is 13.1 Å². The van der Waals surface area contributed by atoms with E-state index < -0.39 is 0 Å². The maximum absolute atomic E-state index is 12.5. The van der Waals surface area contributed by atoms with Gasteiger partial charge in [-0.05, 0) is 17.0 Å². The van der Waals surface area contributed by atoms with Crippen LogP contribution < -0.4 is 0 Å². The van der Waals surface area contributed by atoms with Crippen LogP contribution in [0.1, 0.15) is 21.5 Å². The molecular weight excluding hydrogens is 322 g/mol. The highest BCUT2D eigenvalue weighted by Gasteiger charge is 2.16. The molecule has 0 saturated heterocycles. The Kier molecular flexibility index (Phi) is 5.40. The summed E-state index contributed by atoms with van der Waals surface area (Å²) in [4.78, 5) is 14.1. The molecule has 0 spiro atoms. The highest BCUT2D eigenvalue weighted by molar-refractivity contribution is 7.08. The number of aliphatic hydroxyl groups excluding tert-OH is 1. The van der Waals surface area contributed by atoms with Crippen molar-refractivity contribution in [2.75, 3.05) is 13.2 Å². The number of aliphatic hydroxyl groups is 1. The molecule has 124 valence electrons. The van der Waals surface area contributed by atoms with Crippen LogP contribution in [0.15, 0.2) is 59.6 Å². The zero-order valence-electron chi connectivity index (χ0n) is 13.2. The van der Waals surface area contributed by atoms with Gasteiger partial charge in [0.15, 0.2) is 0 Å². The summed E-state index contributed by atoms with van der Waals surface area (Å²) < 4.78 is 1.86. The summed E-state index contributed by atoms with van der Waals surface area (Å²) in [5.74, 6) is -0.0684. The van der Waals surface area contributed by atoms with Crippen LogP contribution in [0.5, 0.6) is 0 Å². The van der Waals surface area contributed by atoms with E-state index in [0.717, 1.165) is 5.56 Å². The monoisotopic (exact) mass is 341 g/mol. The second-order valence-corrected chi connectivity index (χ2v) is 6.27. The Balaban J connectivity index is 1.68. The van der Waals surface area contributed by atoms with Crippen molar-refractivity contribution >= 4 is 17.2 Å². The predicted octanol–water partition coefficient (Wildman–Crippen LogP) is 2.63. The van der Waals surface area contributed by atoms with E-state index in [4.69, 9.17) is 0 Å². The zero-order chi connectivity index (χ0) is 16.8. The van der Waals surface area contributed by atoms with Crippen molar-refractivity contribution < 1.29 is 9.90 Å². The third kappa shape index (κ3) is 4.10. The summed E-state index contributed by atoms with van der Waals surface area (Å²) >= 11 is 1.49. The van der Waals surface area contributed by atoms with Crippen LogP contribution in [-0.4, -0.2) is 38.8 Å². The molecule has 2 heterocycles. The van der Waals surface area contributed by atoms with Crippen molar-refractivity contribution in [3.05, 3.63) is 76.2 Å². The standard InChI is InChI=1S/C18H19N3O2S/c22-8-7-20(18(23)17-6-9-24-14-17)11-16-10-19-21(13-16)12-15-4-2-1-3-5-15/h1-6,9-10,13-14,22H,7-8,11-12H2. The Hall–Kier alpha value is -2.44. The summed E-state index contributed by atoms with van der Waals surface area (Å²) in [6.45, 7) is 1.37. The number of benzene rings is 1. The zero-order valence-corrected chi connectivity index (χ0v) is 14.0. The van der Waals surface area contributed by atoms with E-state index in [1.54, 1.807) is 17.2 Å². The first-order valence-electron chi connectivity index (χ1n) is 7.74. The number of nitrogens with zero attached hydrogens (tertiary/aromatic N) is 3. The average Bonchev–Trinajstić information content (AvgIpc) is 3.27. The minimum absolute atomic E-state index is 0.0615. The minimum atomic E-state index is -0.0684. The highest BCUT2D eigenvalue weighted by Crippen LogP contribution is 2.13. The SMILES string of the molecule is O=C(c1ccsc1)N(CCO)Cc1cnn(Cc2ccccc2)c1. The number of hydrogen-bond acceptors (Lipinski definition) is 4. The fourth-order valence-corrected chi connectivity index (χ4v) is 3.14. The van der Waals surface area contributed by atoms with Gasteiger partial charge < -0.3 is 10.0 Å². The van der Waals surface area contributed by atoms with Gasteiger partial charge in [0.05, 0.1) is 24.9 Å². The lowest BCUT2D eigenvalue weighted by atomic mass is 10.2. The molecule has 24 heavy (non-hydrogen) atoms. The van der Waals surface area contributed by atoms with Gasteiger partial charge >= 0.3 is 0 Å².